The topological polar surface area (TPSA) is 85.1 Å². The van der Waals surface area contributed by atoms with Gasteiger partial charge >= 0.3 is 0 Å². The van der Waals surface area contributed by atoms with Crippen molar-refractivity contribution in [1.82, 2.24) is 8.61 Å². The number of rotatable bonds is 7. The molecule has 0 radical (unpaired) electrons. The van der Waals surface area contributed by atoms with Crippen LogP contribution in [-0.4, -0.2) is 63.0 Å². The van der Waals surface area contributed by atoms with Crippen molar-refractivity contribution in [2.24, 2.45) is 11.7 Å². The minimum Gasteiger partial charge on any atom is -0.493 e. The predicted molar refractivity (Wildman–Crippen MR) is 120 cm³/mol. The van der Waals surface area contributed by atoms with E-state index in [2.05, 4.69) is 12.1 Å². The van der Waals surface area contributed by atoms with Gasteiger partial charge in [0.15, 0.2) is 0 Å². The third-order valence-electron chi connectivity index (χ3n) is 6.02. The molecule has 2 aromatic rings. The Balaban J connectivity index is 1.51. The van der Waals surface area contributed by atoms with E-state index in [1.165, 1.54) is 5.56 Å². The third kappa shape index (κ3) is 5.45. The molecule has 2 atom stereocenters. The first-order chi connectivity index (χ1) is 15.1. The monoisotopic (exact) mass is 445 g/mol. The molecule has 2 saturated heterocycles. The summed E-state index contributed by atoms with van der Waals surface area (Å²) in [6, 6.07) is 17.9. The Kier molecular flexibility index (Phi) is 7.24. The highest BCUT2D eigenvalue weighted by atomic mass is 32.2. The molecule has 168 valence electrons. The van der Waals surface area contributed by atoms with Crippen LogP contribution >= 0.6 is 0 Å². The Morgan fingerprint density at radius 1 is 1.00 bits per heavy atom. The SMILES string of the molecule is NCc1cccc(OC[C@H]2C[C@H](c3ccccc3)CN(S(=O)(=O)N3CCOCC3)C2)c1. The zero-order valence-electron chi connectivity index (χ0n) is 17.7. The van der Waals surface area contributed by atoms with E-state index in [9.17, 15) is 8.42 Å². The molecule has 31 heavy (non-hydrogen) atoms. The van der Waals surface area contributed by atoms with E-state index in [1.54, 1.807) is 8.61 Å². The molecule has 2 N–H and O–H groups in total. The first-order valence-electron chi connectivity index (χ1n) is 10.9. The van der Waals surface area contributed by atoms with Crippen LogP contribution in [0.1, 0.15) is 23.5 Å². The first-order valence-corrected chi connectivity index (χ1v) is 12.3. The lowest BCUT2D eigenvalue weighted by molar-refractivity contribution is 0.0679. The van der Waals surface area contributed by atoms with Crippen LogP contribution in [0, 0.1) is 5.92 Å². The average Bonchev–Trinajstić information content (AvgIpc) is 2.84. The lowest BCUT2D eigenvalue weighted by Gasteiger charge is -2.40. The molecule has 2 aliphatic rings. The molecule has 0 bridgehead atoms. The zero-order valence-corrected chi connectivity index (χ0v) is 18.5. The van der Waals surface area contributed by atoms with E-state index in [-0.39, 0.29) is 11.8 Å². The Morgan fingerprint density at radius 3 is 2.52 bits per heavy atom. The van der Waals surface area contributed by atoms with Crippen LogP contribution in [0.4, 0.5) is 0 Å². The average molecular weight is 446 g/mol. The molecule has 0 aliphatic carbocycles. The van der Waals surface area contributed by atoms with Crippen LogP contribution in [-0.2, 0) is 21.5 Å². The van der Waals surface area contributed by atoms with Crippen LogP contribution in [0.5, 0.6) is 5.75 Å². The second-order valence-electron chi connectivity index (χ2n) is 8.21. The predicted octanol–water partition coefficient (Wildman–Crippen LogP) is 2.21. The normalized spacial score (nSPS) is 23.5. The number of ether oxygens (including phenoxy) is 2. The fourth-order valence-corrected chi connectivity index (χ4v) is 6.06. The molecule has 7 nitrogen and oxygen atoms in total. The summed E-state index contributed by atoms with van der Waals surface area (Å²) in [5.41, 5.74) is 7.91. The fourth-order valence-electron chi connectivity index (χ4n) is 4.35. The van der Waals surface area contributed by atoms with Crippen molar-refractivity contribution >= 4 is 10.2 Å². The number of nitrogens with zero attached hydrogens (tertiary/aromatic N) is 2. The van der Waals surface area contributed by atoms with Gasteiger partial charge in [-0.25, -0.2) is 0 Å². The third-order valence-corrected chi connectivity index (χ3v) is 7.99. The number of hydrogen-bond donors (Lipinski definition) is 1. The summed E-state index contributed by atoms with van der Waals surface area (Å²) in [5.74, 6) is 0.999. The van der Waals surface area contributed by atoms with Crippen LogP contribution < -0.4 is 10.5 Å². The second-order valence-corrected chi connectivity index (χ2v) is 10.1. The van der Waals surface area contributed by atoms with Gasteiger partial charge in [-0.1, -0.05) is 42.5 Å². The summed E-state index contributed by atoms with van der Waals surface area (Å²) >= 11 is 0. The zero-order chi connectivity index (χ0) is 21.7. The van der Waals surface area contributed by atoms with E-state index in [0.29, 0.717) is 52.5 Å². The van der Waals surface area contributed by atoms with Crippen LogP contribution in [0.2, 0.25) is 0 Å². The van der Waals surface area contributed by atoms with Crippen molar-refractivity contribution < 1.29 is 17.9 Å². The number of morpholine rings is 1. The minimum atomic E-state index is -3.54. The van der Waals surface area contributed by atoms with Crippen molar-refractivity contribution in [2.45, 2.75) is 18.9 Å². The van der Waals surface area contributed by atoms with Crippen LogP contribution in [0.25, 0.3) is 0 Å². The van der Waals surface area contributed by atoms with Gasteiger partial charge in [0.05, 0.1) is 19.8 Å². The van der Waals surface area contributed by atoms with Gasteiger partial charge in [0, 0.05) is 38.6 Å². The Bertz CT molecular complexity index is 948. The summed E-state index contributed by atoms with van der Waals surface area (Å²) in [7, 11) is -3.54. The molecule has 8 heteroatoms. The summed E-state index contributed by atoms with van der Waals surface area (Å²) in [4.78, 5) is 0. The molecule has 0 saturated carbocycles. The molecule has 2 aromatic carbocycles. The van der Waals surface area contributed by atoms with E-state index in [4.69, 9.17) is 15.2 Å². The molecular formula is C23H31N3O4S. The number of benzene rings is 2. The van der Waals surface area contributed by atoms with E-state index >= 15 is 0 Å². The van der Waals surface area contributed by atoms with Crippen molar-refractivity contribution in [2.75, 3.05) is 46.0 Å². The standard InChI is InChI=1S/C23H31N3O4S/c24-15-19-5-4-8-23(14-19)30-18-20-13-22(21-6-2-1-3-7-21)17-26(16-20)31(27,28)25-9-11-29-12-10-25/h1-8,14,20,22H,9-13,15-18,24H2/t20-,22-/m0/s1. The molecule has 2 heterocycles. The highest BCUT2D eigenvalue weighted by molar-refractivity contribution is 7.86. The van der Waals surface area contributed by atoms with Gasteiger partial charge in [-0.3, -0.25) is 0 Å². The van der Waals surface area contributed by atoms with Crippen LogP contribution in [0.15, 0.2) is 54.6 Å². The maximum atomic E-state index is 13.4. The van der Waals surface area contributed by atoms with Gasteiger partial charge in [0.2, 0.25) is 0 Å². The maximum Gasteiger partial charge on any atom is 0.282 e. The molecule has 2 aliphatic heterocycles. The van der Waals surface area contributed by atoms with Gasteiger partial charge < -0.3 is 15.2 Å². The van der Waals surface area contributed by atoms with Crippen molar-refractivity contribution in [3.8, 4) is 5.75 Å². The van der Waals surface area contributed by atoms with E-state index in [0.717, 1.165) is 17.7 Å². The molecular weight excluding hydrogens is 414 g/mol. The minimum absolute atomic E-state index is 0.0938. The number of hydrogen-bond acceptors (Lipinski definition) is 5. The van der Waals surface area contributed by atoms with E-state index in [1.807, 2.05) is 42.5 Å². The van der Waals surface area contributed by atoms with Gasteiger partial charge in [-0.2, -0.15) is 17.0 Å². The molecule has 4 rings (SSSR count). The molecule has 0 aromatic heterocycles. The summed E-state index contributed by atoms with van der Waals surface area (Å²) in [6.07, 6.45) is 0.885. The Labute approximate surface area is 184 Å². The van der Waals surface area contributed by atoms with Crippen LogP contribution in [0.3, 0.4) is 0 Å². The Hall–Kier alpha value is -1.97. The quantitative estimate of drug-likeness (QED) is 0.706. The highest BCUT2D eigenvalue weighted by Crippen LogP contribution is 2.33. The fraction of sp³-hybridized carbons (Fsp3) is 0.478. The van der Waals surface area contributed by atoms with Crippen molar-refractivity contribution in [1.29, 1.82) is 0 Å². The van der Waals surface area contributed by atoms with Gasteiger partial charge in [0.25, 0.3) is 10.2 Å². The number of piperidine rings is 1. The largest absolute Gasteiger partial charge is 0.493 e. The molecule has 0 spiro atoms. The summed E-state index contributed by atoms with van der Waals surface area (Å²) in [6.45, 7) is 3.57. The lowest BCUT2D eigenvalue weighted by atomic mass is 9.86. The summed E-state index contributed by atoms with van der Waals surface area (Å²) in [5, 5.41) is 0. The molecule has 0 amide bonds. The number of nitrogens with two attached hydrogens (primary N) is 1. The lowest BCUT2D eigenvalue weighted by Crippen LogP contribution is -2.53. The second kappa shape index (κ2) is 10.1. The molecule has 2 fully saturated rings. The van der Waals surface area contributed by atoms with Crippen molar-refractivity contribution in [3.63, 3.8) is 0 Å². The summed E-state index contributed by atoms with van der Waals surface area (Å²) < 4.78 is 41.3. The smallest absolute Gasteiger partial charge is 0.282 e. The Morgan fingerprint density at radius 2 is 1.77 bits per heavy atom. The van der Waals surface area contributed by atoms with E-state index < -0.39 is 10.2 Å². The first kappa shape index (κ1) is 22.2. The van der Waals surface area contributed by atoms with Gasteiger partial charge in [0.1, 0.15) is 5.75 Å². The molecule has 0 unspecified atom stereocenters. The van der Waals surface area contributed by atoms with Gasteiger partial charge in [-0.15, -0.1) is 0 Å². The highest BCUT2D eigenvalue weighted by Gasteiger charge is 2.38. The maximum absolute atomic E-state index is 13.4. The van der Waals surface area contributed by atoms with Crippen molar-refractivity contribution in [3.05, 3.63) is 65.7 Å². The van der Waals surface area contributed by atoms with Gasteiger partial charge in [-0.05, 0) is 35.6 Å².